The highest BCUT2D eigenvalue weighted by atomic mass is 16.5. The van der Waals surface area contributed by atoms with Gasteiger partial charge in [-0.1, -0.05) is 30.3 Å². The van der Waals surface area contributed by atoms with Crippen molar-refractivity contribution in [1.29, 1.82) is 0 Å². The van der Waals surface area contributed by atoms with Crippen molar-refractivity contribution in [2.24, 2.45) is 0 Å². The quantitative estimate of drug-likeness (QED) is 0.447. The van der Waals surface area contributed by atoms with Crippen LogP contribution in [0.4, 0.5) is 0 Å². The van der Waals surface area contributed by atoms with Crippen LogP contribution in [0, 0.1) is 0 Å². The Kier molecular flexibility index (Phi) is 3.72. The molecule has 0 amide bonds. The molecule has 0 aliphatic carbocycles. The van der Waals surface area contributed by atoms with Gasteiger partial charge in [0, 0.05) is 10.8 Å². The van der Waals surface area contributed by atoms with Crippen LogP contribution in [0.5, 0.6) is 0 Å². The Morgan fingerprint density at radius 1 is 1.04 bits per heavy atom. The number of esters is 1. The summed E-state index contributed by atoms with van der Waals surface area (Å²) in [5.41, 5.74) is 1.47. The summed E-state index contributed by atoms with van der Waals surface area (Å²) >= 11 is 0. The van der Waals surface area contributed by atoms with Gasteiger partial charge in [0.15, 0.2) is 0 Å². The molecule has 28 heavy (non-hydrogen) atoms. The zero-order valence-electron chi connectivity index (χ0n) is 14.6. The number of fused-ring (bicyclic) bond motifs is 4. The first-order valence-corrected chi connectivity index (χ1v) is 8.69. The molecular formula is C21H14N2O5. The lowest BCUT2D eigenvalue weighted by Gasteiger charge is -2.05. The first-order chi connectivity index (χ1) is 13.7. The van der Waals surface area contributed by atoms with Crippen LogP contribution >= 0.6 is 0 Å². The molecule has 7 heteroatoms. The number of nitrogens with zero attached hydrogens (tertiary/aromatic N) is 2. The molecule has 3 aromatic heterocycles. The molecule has 0 radical (unpaired) electrons. The fourth-order valence-electron chi connectivity index (χ4n) is 3.17. The predicted molar refractivity (Wildman–Crippen MR) is 102 cm³/mol. The van der Waals surface area contributed by atoms with E-state index in [1.807, 2.05) is 48.5 Å². The van der Waals surface area contributed by atoms with Gasteiger partial charge in [0.1, 0.15) is 35.6 Å². The number of para-hydroxylation sites is 2. The van der Waals surface area contributed by atoms with Crippen molar-refractivity contribution in [1.82, 2.24) is 9.55 Å². The Bertz CT molecular complexity index is 1360. The third-order valence-corrected chi connectivity index (χ3v) is 4.50. The van der Waals surface area contributed by atoms with Gasteiger partial charge in [-0.05, 0) is 24.3 Å². The van der Waals surface area contributed by atoms with Crippen LogP contribution in [-0.4, -0.2) is 15.5 Å². The van der Waals surface area contributed by atoms with Crippen molar-refractivity contribution in [2.45, 2.75) is 13.2 Å². The van der Waals surface area contributed by atoms with Gasteiger partial charge < -0.3 is 13.6 Å². The number of furan rings is 2. The molecular weight excluding hydrogens is 360 g/mol. The van der Waals surface area contributed by atoms with Crippen LogP contribution in [-0.2, 0) is 22.7 Å². The zero-order valence-corrected chi connectivity index (χ0v) is 14.6. The summed E-state index contributed by atoms with van der Waals surface area (Å²) < 4.78 is 17.6. The number of carbonyl (C=O) groups is 1. The highest BCUT2D eigenvalue weighted by Gasteiger charge is 2.15. The Balaban J connectivity index is 1.35. The van der Waals surface area contributed by atoms with Crippen LogP contribution in [0.15, 0.2) is 74.6 Å². The van der Waals surface area contributed by atoms with E-state index in [9.17, 15) is 9.59 Å². The molecule has 0 unspecified atom stereocenters. The number of carbonyl (C=O) groups excluding carboxylic acids is 1. The van der Waals surface area contributed by atoms with Crippen molar-refractivity contribution >= 4 is 39.0 Å². The van der Waals surface area contributed by atoms with Crippen LogP contribution in [0.2, 0.25) is 0 Å². The number of ether oxygens (including phenoxy) is 1. The van der Waals surface area contributed by atoms with Crippen molar-refractivity contribution in [3.05, 3.63) is 77.0 Å². The van der Waals surface area contributed by atoms with Gasteiger partial charge in [-0.15, -0.1) is 0 Å². The smallest absolute Gasteiger partial charge is 0.326 e. The monoisotopic (exact) mass is 374 g/mol. The lowest BCUT2D eigenvalue weighted by molar-refractivity contribution is -0.146. The second-order valence-electron chi connectivity index (χ2n) is 6.36. The molecule has 0 fully saturated rings. The van der Waals surface area contributed by atoms with E-state index < -0.39 is 11.5 Å². The standard InChI is InChI=1S/C21H14N2O5/c24-18(26-11-14-9-13-5-1-3-7-16(13)27-14)10-23-12-22-19-15-6-2-4-8-17(15)28-20(19)21(23)25/h1-9,12H,10-11H2. The third kappa shape index (κ3) is 2.73. The maximum atomic E-state index is 12.6. The van der Waals surface area contributed by atoms with E-state index in [-0.39, 0.29) is 18.7 Å². The topological polar surface area (TPSA) is 87.5 Å². The van der Waals surface area contributed by atoms with E-state index in [4.69, 9.17) is 13.6 Å². The minimum atomic E-state index is -0.570. The summed E-state index contributed by atoms with van der Waals surface area (Å²) in [4.78, 5) is 29.1. The normalized spacial score (nSPS) is 11.4. The highest BCUT2D eigenvalue weighted by molar-refractivity contribution is 6.01. The summed E-state index contributed by atoms with van der Waals surface area (Å²) in [6.07, 6.45) is 1.33. The number of hydrogen-bond acceptors (Lipinski definition) is 6. The lowest BCUT2D eigenvalue weighted by atomic mass is 10.2. The van der Waals surface area contributed by atoms with Gasteiger partial charge in [0.05, 0.1) is 6.33 Å². The van der Waals surface area contributed by atoms with Gasteiger partial charge in [-0.25, -0.2) is 4.98 Å². The van der Waals surface area contributed by atoms with Crippen LogP contribution in [0.3, 0.4) is 0 Å². The molecule has 0 atom stereocenters. The van der Waals surface area contributed by atoms with E-state index >= 15 is 0 Å². The summed E-state index contributed by atoms with van der Waals surface area (Å²) in [5.74, 6) is -0.0347. The Morgan fingerprint density at radius 3 is 2.68 bits per heavy atom. The Morgan fingerprint density at radius 2 is 1.82 bits per heavy atom. The molecule has 0 saturated carbocycles. The number of hydrogen-bond donors (Lipinski definition) is 0. The fourth-order valence-corrected chi connectivity index (χ4v) is 3.17. The number of aromatic nitrogens is 2. The molecule has 0 spiro atoms. The number of rotatable bonds is 4. The van der Waals surface area contributed by atoms with Gasteiger partial charge >= 0.3 is 5.97 Å². The molecule has 0 bridgehead atoms. The predicted octanol–water partition coefficient (Wildman–Crippen LogP) is 3.63. The van der Waals surface area contributed by atoms with Crippen LogP contribution in [0.25, 0.3) is 33.0 Å². The molecule has 0 N–H and O–H groups in total. The van der Waals surface area contributed by atoms with Gasteiger partial charge in [-0.2, -0.15) is 0 Å². The molecule has 3 heterocycles. The van der Waals surface area contributed by atoms with Crippen LogP contribution < -0.4 is 5.56 Å². The van der Waals surface area contributed by atoms with E-state index in [0.29, 0.717) is 16.9 Å². The molecule has 138 valence electrons. The fraction of sp³-hybridized carbons (Fsp3) is 0.0952. The Hall–Kier alpha value is -3.87. The largest absolute Gasteiger partial charge is 0.457 e. The second kappa shape index (κ2) is 6.38. The number of benzene rings is 2. The SMILES string of the molecule is O=C(Cn1cnc2c(oc3ccccc32)c1=O)OCc1cc2ccccc2o1. The first-order valence-electron chi connectivity index (χ1n) is 8.69. The van der Waals surface area contributed by atoms with E-state index in [2.05, 4.69) is 4.98 Å². The molecule has 5 rings (SSSR count). The molecule has 0 aliphatic heterocycles. The van der Waals surface area contributed by atoms with E-state index in [0.717, 1.165) is 16.4 Å². The molecule has 5 aromatic rings. The second-order valence-corrected chi connectivity index (χ2v) is 6.36. The molecule has 0 aliphatic rings. The lowest BCUT2D eigenvalue weighted by Crippen LogP contribution is -2.25. The molecule has 2 aromatic carbocycles. The van der Waals surface area contributed by atoms with Crippen molar-refractivity contribution < 1.29 is 18.4 Å². The van der Waals surface area contributed by atoms with Crippen molar-refractivity contribution in [3.8, 4) is 0 Å². The average Bonchev–Trinajstić information content (AvgIpc) is 3.30. The molecule has 7 nitrogen and oxygen atoms in total. The maximum absolute atomic E-state index is 12.6. The van der Waals surface area contributed by atoms with Gasteiger partial charge in [0.25, 0.3) is 5.56 Å². The highest BCUT2D eigenvalue weighted by Crippen LogP contribution is 2.24. The van der Waals surface area contributed by atoms with E-state index in [1.54, 1.807) is 6.07 Å². The Labute approximate surface area is 157 Å². The van der Waals surface area contributed by atoms with Gasteiger partial charge in [0.2, 0.25) is 5.58 Å². The molecule has 0 saturated heterocycles. The summed E-state index contributed by atoms with van der Waals surface area (Å²) in [5, 5.41) is 1.69. The third-order valence-electron chi connectivity index (χ3n) is 4.50. The van der Waals surface area contributed by atoms with E-state index in [1.165, 1.54) is 10.9 Å². The summed E-state index contributed by atoms with van der Waals surface area (Å²) in [6.45, 7) is -0.276. The average molecular weight is 374 g/mol. The van der Waals surface area contributed by atoms with Crippen LogP contribution in [0.1, 0.15) is 5.76 Å². The van der Waals surface area contributed by atoms with Gasteiger partial charge in [-0.3, -0.25) is 14.2 Å². The summed E-state index contributed by atoms with van der Waals surface area (Å²) in [7, 11) is 0. The minimum Gasteiger partial charge on any atom is -0.457 e. The minimum absolute atomic E-state index is 0.0113. The summed E-state index contributed by atoms with van der Waals surface area (Å²) in [6, 6.07) is 16.6. The first kappa shape index (κ1) is 16.3. The zero-order chi connectivity index (χ0) is 19.1. The van der Waals surface area contributed by atoms with Crippen molar-refractivity contribution in [2.75, 3.05) is 0 Å². The van der Waals surface area contributed by atoms with Crippen molar-refractivity contribution in [3.63, 3.8) is 0 Å². The maximum Gasteiger partial charge on any atom is 0.326 e.